The van der Waals surface area contributed by atoms with Gasteiger partial charge in [-0.25, -0.2) is 0 Å². The third kappa shape index (κ3) is 4.84. The number of amides is 1. The fourth-order valence-electron chi connectivity index (χ4n) is 1.97. The summed E-state index contributed by atoms with van der Waals surface area (Å²) in [5.74, 6) is -0.00516. The highest BCUT2D eigenvalue weighted by Crippen LogP contribution is 2.14. The van der Waals surface area contributed by atoms with E-state index in [4.69, 9.17) is 11.6 Å². The summed E-state index contributed by atoms with van der Waals surface area (Å²) in [7, 11) is 0. The van der Waals surface area contributed by atoms with Crippen LogP contribution in [0.3, 0.4) is 0 Å². The van der Waals surface area contributed by atoms with Crippen LogP contribution < -0.4 is 5.32 Å². The lowest BCUT2D eigenvalue weighted by Crippen LogP contribution is -2.38. The van der Waals surface area contributed by atoms with Crippen LogP contribution in [0.25, 0.3) is 0 Å². The van der Waals surface area contributed by atoms with Crippen molar-refractivity contribution in [2.24, 2.45) is 0 Å². The van der Waals surface area contributed by atoms with Crippen molar-refractivity contribution < 1.29 is 4.79 Å². The third-order valence-electron chi connectivity index (χ3n) is 3.20. The molecule has 1 heterocycles. The van der Waals surface area contributed by atoms with Crippen molar-refractivity contribution in [3.8, 4) is 0 Å². The predicted octanol–water partition coefficient (Wildman–Crippen LogP) is 1.95. The van der Waals surface area contributed by atoms with Gasteiger partial charge in [0.05, 0.1) is 11.2 Å². The van der Waals surface area contributed by atoms with Gasteiger partial charge in [-0.1, -0.05) is 32.4 Å². The van der Waals surface area contributed by atoms with E-state index in [1.165, 1.54) is 0 Å². The van der Waals surface area contributed by atoms with E-state index in [1.54, 1.807) is 17.1 Å². The summed E-state index contributed by atoms with van der Waals surface area (Å²) in [6.45, 7) is 9.72. The molecular weight excluding hydrogens is 264 g/mol. The number of hydrogen-bond donors (Lipinski definition) is 1. The zero-order valence-corrected chi connectivity index (χ0v) is 12.7. The minimum Gasteiger partial charge on any atom is -0.353 e. The predicted molar refractivity (Wildman–Crippen MR) is 77.4 cm³/mol. The van der Waals surface area contributed by atoms with E-state index in [2.05, 4.69) is 29.2 Å². The number of hydrogen-bond acceptors (Lipinski definition) is 3. The Balaban J connectivity index is 2.46. The number of nitrogens with zero attached hydrogens (tertiary/aromatic N) is 3. The Bertz CT molecular complexity index is 390. The summed E-state index contributed by atoms with van der Waals surface area (Å²) in [6, 6.07) is -0.288. The van der Waals surface area contributed by atoms with Crippen LogP contribution in [0.15, 0.2) is 12.4 Å². The molecule has 19 heavy (non-hydrogen) atoms. The number of rotatable bonds is 8. The van der Waals surface area contributed by atoms with Crippen LogP contribution in [0.4, 0.5) is 0 Å². The molecule has 1 aromatic rings. The van der Waals surface area contributed by atoms with Crippen molar-refractivity contribution in [2.75, 3.05) is 26.2 Å². The van der Waals surface area contributed by atoms with E-state index in [0.29, 0.717) is 18.0 Å². The minimum atomic E-state index is -0.288. The number of nitrogens with one attached hydrogen (secondary N) is 1. The van der Waals surface area contributed by atoms with Crippen LogP contribution in [-0.2, 0) is 4.79 Å². The van der Waals surface area contributed by atoms with Crippen LogP contribution in [0.2, 0.25) is 5.02 Å². The average molecular weight is 287 g/mol. The lowest BCUT2D eigenvalue weighted by atomic mass is 10.2. The zero-order valence-electron chi connectivity index (χ0n) is 11.9. The van der Waals surface area contributed by atoms with Crippen LogP contribution in [0.1, 0.15) is 33.2 Å². The van der Waals surface area contributed by atoms with Crippen LogP contribution >= 0.6 is 11.6 Å². The normalized spacial score (nSPS) is 12.7. The van der Waals surface area contributed by atoms with E-state index in [1.807, 2.05) is 6.92 Å². The second-order valence-corrected chi connectivity index (χ2v) is 4.82. The van der Waals surface area contributed by atoms with Crippen molar-refractivity contribution >= 4 is 17.5 Å². The molecule has 1 N–H and O–H groups in total. The first-order chi connectivity index (χ1) is 9.12. The topological polar surface area (TPSA) is 50.2 Å². The highest BCUT2D eigenvalue weighted by Gasteiger charge is 2.18. The summed E-state index contributed by atoms with van der Waals surface area (Å²) in [6.07, 6.45) is 3.92. The van der Waals surface area contributed by atoms with Crippen LogP contribution in [-0.4, -0.2) is 46.8 Å². The minimum absolute atomic E-state index is 0.00516. The maximum absolute atomic E-state index is 12.1. The van der Waals surface area contributed by atoms with Crippen molar-refractivity contribution in [2.45, 2.75) is 33.2 Å². The highest BCUT2D eigenvalue weighted by molar-refractivity contribution is 6.30. The van der Waals surface area contributed by atoms with Gasteiger partial charge in [-0.15, -0.1) is 0 Å². The van der Waals surface area contributed by atoms with Crippen LogP contribution in [0, 0.1) is 0 Å². The molecule has 6 heteroatoms. The maximum atomic E-state index is 12.1. The molecule has 108 valence electrons. The Hall–Kier alpha value is -1.07. The Kier molecular flexibility index (Phi) is 6.87. The first kappa shape index (κ1) is 16.0. The van der Waals surface area contributed by atoms with E-state index < -0.39 is 0 Å². The van der Waals surface area contributed by atoms with Gasteiger partial charge in [-0.3, -0.25) is 9.48 Å². The van der Waals surface area contributed by atoms with Crippen molar-refractivity contribution in [3.63, 3.8) is 0 Å². The van der Waals surface area contributed by atoms with Gasteiger partial charge in [0.2, 0.25) is 5.91 Å². The highest BCUT2D eigenvalue weighted by atomic mass is 35.5. The number of halogens is 1. The molecule has 0 aliphatic carbocycles. The molecule has 0 radical (unpaired) electrons. The molecule has 0 fully saturated rings. The molecule has 5 nitrogen and oxygen atoms in total. The van der Waals surface area contributed by atoms with E-state index >= 15 is 0 Å². The second-order valence-electron chi connectivity index (χ2n) is 4.38. The monoisotopic (exact) mass is 286 g/mol. The third-order valence-corrected chi connectivity index (χ3v) is 3.40. The summed E-state index contributed by atoms with van der Waals surface area (Å²) in [5.41, 5.74) is 0. The first-order valence-corrected chi connectivity index (χ1v) is 7.19. The summed E-state index contributed by atoms with van der Waals surface area (Å²) >= 11 is 5.83. The van der Waals surface area contributed by atoms with Gasteiger partial charge in [0.15, 0.2) is 0 Å². The fraction of sp³-hybridized carbons (Fsp3) is 0.692. The molecule has 0 aliphatic rings. The molecule has 1 rings (SSSR count). The Morgan fingerprint density at radius 3 is 2.63 bits per heavy atom. The van der Waals surface area contributed by atoms with Crippen molar-refractivity contribution in [1.29, 1.82) is 0 Å². The standard InChI is InChI=1S/C13H23ClN4O/c1-4-12(18-10-11(14)9-16-18)13(19)15-7-8-17(5-2)6-3/h9-10,12H,4-8H2,1-3H3,(H,15,19). The fourth-order valence-corrected chi connectivity index (χ4v) is 2.12. The summed E-state index contributed by atoms with van der Waals surface area (Å²) < 4.78 is 1.62. The smallest absolute Gasteiger partial charge is 0.244 e. The summed E-state index contributed by atoms with van der Waals surface area (Å²) in [5, 5.41) is 7.60. The Morgan fingerprint density at radius 1 is 1.47 bits per heavy atom. The molecule has 0 saturated heterocycles. The van der Waals surface area contributed by atoms with E-state index in [0.717, 1.165) is 19.6 Å². The molecule has 1 amide bonds. The largest absolute Gasteiger partial charge is 0.353 e. The van der Waals surface area contributed by atoms with Gasteiger partial charge in [-0.05, 0) is 19.5 Å². The molecule has 1 unspecified atom stereocenters. The molecule has 0 saturated carbocycles. The van der Waals surface area contributed by atoms with Gasteiger partial charge in [0, 0.05) is 19.3 Å². The van der Waals surface area contributed by atoms with Gasteiger partial charge >= 0.3 is 0 Å². The molecule has 0 aromatic carbocycles. The Labute approximate surface area is 119 Å². The van der Waals surface area contributed by atoms with Gasteiger partial charge in [-0.2, -0.15) is 5.10 Å². The molecule has 1 atom stereocenters. The van der Waals surface area contributed by atoms with Crippen LogP contribution in [0.5, 0.6) is 0 Å². The van der Waals surface area contributed by atoms with E-state index in [-0.39, 0.29) is 11.9 Å². The van der Waals surface area contributed by atoms with Gasteiger partial charge in [0.1, 0.15) is 6.04 Å². The summed E-state index contributed by atoms with van der Waals surface area (Å²) in [4.78, 5) is 14.4. The molecule has 0 spiro atoms. The first-order valence-electron chi connectivity index (χ1n) is 6.82. The lowest BCUT2D eigenvalue weighted by molar-refractivity contribution is -0.124. The van der Waals surface area contributed by atoms with Crippen molar-refractivity contribution in [3.05, 3.63) is 17.4 Å². The molecule has 1 aromatic heterocycles. The second kappa shape index (κ2) is 8.17. The number of carbonyl (C=O) groups excluding carboxylic acids is 1. The molecule has 0 aliphatic heterocycles. The number of carbonyl (C=O) groups is 1. The molecular formula is C13H23ClN4O. The average Bonchev–Trinajstić information content (AvgIpc) is 2.82. The van der Waals surface area contributed by atoms with Crippen molar-refractivity contribution in [1.82, 2.24) is 20.0 Å². The zero-order chi connectivity index (χ0) is 14.3. The molecule has 0 bridgehead atoms. The van der Waals surface area contributed by atoms with E-state index in [9.17, 15) is 4.79 Å². The number of aromatic nitrogens is 2. The lowest BCUT2D eigenvalue weighted by Gasteiger charge is -2.20. The quantitative estimate of drug-likeness (QED) is 0.795. The SMILES string of the molecule is CCC(C(=O)NCCN(CC)CC)n1cc(Cl)cn1. The number of likely N-dealkylation sites (N-methyl/N-ethyl adjacent to an activating group) is 1. The van der Waals surface area contributed by atoms with Gasteiger partial charge in [0.25, 0.3) is 0 Å². The van der Waals surface area contributed by atoms with Gasteiger partial charge < -0.3 is 10.2 Å². The maximum Gasteiger partial charge on any atom is 0.244 e. The Morgan fingerprint density at radius 2 is 2.16 bits per heavy atom.